The lowest BCUT2D eigenvalue weighted by atomic mass is 9.72. The number of carbonyl (C=O) groups is 1. The van der Waals surface area contributed by atoms with E-state index in [2.05, 4.69) is 36.0 Å². The molecule has 4 rings (SSSR count). The van der Waals surface area contributed by atoms with Crippen LogP contribution in [0.5, 0.6) is 0 Å². The second-order valence-electron chi connectivity index (χ2n) is 9.47. The number of hydrogen-bond acceptors (Lipinski definition) is 8. The van der Waals surface area contributed by atoms with E-state index >= 15 is 0 Å². The molecule has 1 saturated heterocycles. The Bertz CT molecular complexity index is 934. The Morgan fingerprint density at radius 2 is 2.10 bits per heavy atom. The Kier molecular flexibility index (Phi) is 7.05. The average molecular weight is 464 g/mol. The molecular formula is C22H33N5O2S2. The van der Waals surface area contributed by atoms with Gasteiger partial charge in [-0.05, 0) is 36.2 Å². The van der Waals surface area contributed by atoms with Gasteiger partial charge in [-0.15, -0.1) is 11.3 Å². The van der Waals surface area contributed by atoms with Crippen LogP contribution in [0.1, 0.15) is 37.6 Å². The van der Waals surface area contributed by atoms with Crippen molar-refractivity contribution in [3.8, 4) is 0 Å². The molecule has 0 radical (unpaired) electrons. The highest BCUT2D eigenvalue weighted by molar-refractivity contribution is 7.99. The summed E-state index contributed by atoms with van der Waals surface area (Å²) in [7, 11) is 0. The van der Waals surface area contributed by atoms with Gasteiger partial charge in [0.05, 0.1) is 24.4 Å². The van der Waals surface area contributed by atoms with Gasteiger partial charge in [0.25, 0.3) is 0 Å². The molecule has 0 bridgehead atoms. The number of morpholine rings is 1. The van der Waals surface area contributed by atoms with Crippen molar-refractivity contribution >= 4 is 45.0 Å². The number of aryl methyl sites for hydroxylation is 1. The van der Waals surface area contributed by atoms with Crippen LogP contribution >= 0.6 is 23.1 Å². The van der Waals surface area contributed by atoms with Crippen LogP contribution < -0.4 is 11.1 Å². The zero-order chi connectivity index (χ0) is 22.0. The third-order valence-electron chi connectivity index (χ3n) is 6.33. The summed E-state index contributed by atoms with van der Waals surface area (Å²) in [6, 6.07) is 0. The number of ether oxygens (including phenoxy) is 1. The third-order valence-corrected chi connectivity index (χ3v) is 8.32. The van der Waals surface area contributed by atoms with E-state index in [1.807, 2.05) is 0 Å². The van der Waals surface area contributed by atoms with Crippen molar-refractivity contribution in [1.29, 1.82) is 0 Å². The Hall–Kier alpha value is -1.42. The van der Waals surface area contributed by atoms with Gasteiger partial charge in [-0.1, -0.05) is 32.5 Å². The smallest absolute Gasteiger partial charge is 0.230 e. The van der Waals surface area contributed by atoms with Crippen LogP contribution in [0.4, 0.5) is 5.82 Å². The zero-order valence-electron chi connectivity index (χ0n) is 18.7. The molecule has 1 amide bonds. The van der Waals surface area contributed by atoms with Crippen LogP contribution in [-0.2, 0) is 22.4 Å². The summed E-state index contributed by atoms with van der Waals surface area (Å²) in [4.78, 5) is 26.2. The molecule has 31 heavy (non-hydrogen) atoms. The maximum Gasteiger partial charge on any atom is 0.230 e. The van der Waals surface area contributed by atoms with Crippen molar-refractivity contribution in [2.45, 2.75) is 45.2 Å². The Morgan fingerprint density at radius 3 is 2.84 bits per heavy atom. The molecule has 7 nitrogen and oxygen atoms in total. The van der Waals surface area contributed by atoms with Crippen LogP contribution in [-0.4, -0.2) is 65.9 Å². The predicted molar refractivity (Wildman–Crippen MR) is 128 cm³/mol. The molecule has 1 aliphatic heterocycles. The maximum absolute atomic E-state index is 12.2. The number of nitrogens with two attached hydrogens (primary N) is 1. The molecule has 1 aliphatic carbocycles. The lowest BCUT2D eigenvalue weighted by Crippen LogP contribution is -2.41. The molecule has 9 heteroatoms. The summed E-state index contributed by atoms with van der Waals surface area (Å²) in [5.41, 5.74) is 7.99. The SMILES string of the molecule is CC(C)(C)C1CCc2c(sc3nc(SCC(=O)NCCN4CCOCC4)nc(N)c23)C1. The second kappa shape index (κ2) is 9.60. The van der Waals surface area contributed by atoms with Gasteiger partial charge in [0.2, 0.25) is 5.91 Å². The van der Waals surface area contributed by atoms with Crippen molar-refractivity contribution in [3.63, 3.8) is 0 Å². The molecule has 1 atom stereocenters. The summed E-state index contributed by atoms with van der Waals surface area (Å²) in [6.45, 7) is 11.9. The van der Waals surface area contributed by atoms with Crippen LogP contribution in [0.2, 0.25) is 0 Å². The number of nitrogen functional groups attached to an aromatic ring is 1. The number of amides is 1. The first-order chi connectivity index (χ1) is 14.8. The number of rotatable bonds is 6. The maximum atomic E-state index is 12.2. The number of fused-ring (bicyclic) bond motifs is 3. The van der Waals surface area contributed by atoms with Crippen molar-refractivity contribution in [3.05, 3.63) is 10.4 Å². The molecule has 1 fully saturated rings. The number of nitrogens with zero attached hydrogens (tertiary/aromatic N) is 3. The molecule has 2 aliphatic rings. The molecule has 0 saturated carbocycles. The highest BCUT2D eigenvalue weighted by Crippen LogP contribution is 2.44. The van der Waals surface area contributed by atoms with Crippen LogP contribution in [0.15, 0.2) is 5.16 Å². The third kappa shape index (κ3) is 5.50. The monoisotopic (exact) mass is 463 g/mol. The number of aromatic nitrogens is 2. The van der Waals surface area contributed by atoms with Crippen molar-refractivity contribution in [2.24, 2.45) is 11.3 Å². The fourth-order valence-corrected chi connectivity index (χ4v) is 6.39. The van der Waals surface area contributed by atoms with Crippen molar-refractivity contribution in [1.82, 2.24) is 20.2 Å². The van der Waals surface area contributed by atoms with Crippen molar-refractivity contribution in [2.75, 3.05) is 50.9 Å². The van der Waals surface area contributed by atoms with Gasteiger partial charge >= 0.3 is 0 Å². The molecule has 2 aromatic heterocycles. The highest BCUT2D eigenvalue weighted by Gasteiger charge is 2.31. The number of nitrogens with one attached hydrogen (secondary N) is 1. The minimum Gasteiger partial charge on any atom is -0.383 e. The molecular weight excluding hydrogens is 430 g/mol. The molecule has 3 heterocycles. The molecule has 0 spiro atoms. The Morgan fingerprint density at radius 1 is 1.32 bits per heavy atom. The topological polar surface area (TPSA) is 93.4 Å². The first-order valence-electron chi connectivity index (χ1n) is 11.1. The molecule has 3 N–H and O–H groups in total. The number of carbonyl (C=O) groups excluding carboxylic acids is 1. The molecule has 2 aromatic rings. The lowest BCUT2D eigenvalue weighted by molar-refractivity contribution is -0.118. The molecule has 170 valence electrons. The van der Waals surface area contributed by atoms with Gasteiger partial charge in [-0.25, -0.2) is 9.97 Å². The van der Waals surface area contributed by atoms with Gasteiger partial charge < -0.3 is 15.8 Å². The van der Waals surface area contributed by atoms with E-state index in [1.165, 1.54) is 28.6 Å². The number of anilines is 1. The quantitative estimate of drug-likeness (QED) is 0.502. The largest absolute Gasteiger partial charge is 0.383 e. The van der Waals surface area contributed by atoms with Gasteiger partial charge in [0.1, 0.15) is 10.6 Å². The number of thiophene rings is 1. The minimum absolute atomic E-state index is 0.000907. The van der Waals surface area contributed by atoms with Crippen LogP contribution in [0.3, 0.4) is 0 Å². The van der Waals surface area contributed by atoms with E-state index in [0.29, 0.717) is 34.6 Å². The normalized spacial score (nSPS) is 20.0. The summed E-state index contributed by atoms with van der Waals surface area (Å²) >= 11 is 3.10. The summed E-state index contributed by atoms with van der Waals surface area (Å²) in [6.07, 6.45) is 3.32. The van der Waals surface area contributed by atoms with E-state index in [4.69, 9.17) is 15.5 Å². The number of hydrogen-bond donors (Lipinski definition) is 2. The standard InChI is InChI=1S/C22H33N5O2S2/c1-22(2,3)14-4-5-15-16(12-14)31-20-18(15)19(23)25-21(26-20)30-13-17(28)24-6-7-27-8-10-29-11-9-27/h14H,4-13H2,1-3H3,(H,24,28)(H2,23,25,26). The van der Waals surface area contributed by atoms with Crippen LogP contribution in [0.25, 0.3) is 10.2 Å². The molecule has 1 unspecified atom stereocenters. The summed E-state index contributed by atoms with van der Waals surface area (Å²) in [5, 5.41) is 4.60. The van der Waals surface area contributed by atoms with E-state index in [1.54, 1.807) is 11.3 Å². The fourth-order valence-electron chi connectivity index (χ4n) is 4.35. The Labute approximate surface area is 192 Å². The van der Waals surface area contributed by atoms with Gasteiger partial charge in [-0.2, -0.15) is 0 Å². The predicted octanol–water partition coefficient (Wildman–Crippen LogP) is 2.97. The highest BCUT2D eigenvalue weighted by atomic mass is 32.2. The fraction of sp³-hybridized carbons (Fsp3) is 0.682. The van der Waals surface area contributed by atoms with E-state index in [0.717, 1.165) is 55.9 Å². The summed E-state index contributed by atoms with van der Waals surface area (Å²) < 4.78 is 5.35. The second-order valence-corrected chi connectivity index (χ2v) is 11.5. The van der Waals surface area contributed by atoms with Gasteiger partial charge in [0.15, 0.2) is 5.16 Å². The average Bonchev–Trinajstić information content (AvgIpc) is 3.10. The zero-order valence-corrected chi connectivity index (χ0v) is 20.3. The van der Waals surface area contributed by atoms with Crippen LogP contribution in [0, 0.1) is 11.3 Å². The van der Waals surface area contributed by atoms with Gasteiger partial charge in [-0.3, -0.25) is 9.69 Å². The van der Waals surface area contributed by atoms with E-state index in [-0.39, 0.29) is 5.91 Å². The molecule has 0 aromatic carbocycles. The van der Waals surface area contributed by atoms with Gasteiger partial charge in [0, 0.05) is 31.1 Å². The summed E-state index contributed by atoms with van der Waals surface area (Å²) in [5.74, 6) is 1.52. The lowest BCUT2D eigenvalue weighted by Gasteiger charge is -2.33. The first kappa shape index (κ1) is 22.8. The van der Waals surface area contributed by atoms with E-state index in [9.17, 15) is 4.79 Å². The van der Waals surface area contributed by atoms with Crippen molar-refractivity contribution < 1.29 is 9.53 Å². The Balaban J connectivity index is 1.35. The van der Waals surface area contributed by atoms with E-state index < -0.39 is 0 Å². The minimum atomic E-state index is -0.000907. The number of thioether (sulfide) groups is 1. The first-order valence-corrected chi connectivity index (χ1v) is 12.9.